The molecule has 1 atom stereocenters. The molecule has 0 bridgehead atoms. The van der Waals surface area contributed by atoms with Gasteiger partial charge in [-0.2, -0.15) is 0 Å². The van der Waals surface area contributed by atoms with Crippen molar-refractivity contribution in [3.05, 3.63) is 24.3 Å². The number of likely N-dealkylation sites (N-methyl/N-ethyl adjacent to an activating group) is 1. The van der Waals surface area contributed by atoms with Gasteiger partial charge in [0.15, 0.2) is 0 Å². The topological polar surface area (TPSA) is 41.5 Å². The molecule has 0 aliphatic rings. The van der Waals surface area contributed by atoms with Crippen molar-refractivity contribution < 1.29 is 9.84 Å². The molecule has 1 rings (SSSR count). The van der Waals surface area contributed by atoms with E-state index in [0.29, 0.717) is 0 Å². The fourth-order valence-electron chi connectivity index (χ4n) is 1.34. The Morgan fingerprint density at radius 2 is 2.31 bits per heavy atom. The molecular weight excluding hydrogens is 222 g/mol. The Morgan fingerprint density at radius 1 is 1.50 bits per heavy atom. The summed E-state index contributed by atoms with van der Waals surface area (Å²) in [6.45, 7) is 0.190. The fourth-order valence-corrected chi connectivity index (χ4v) is 2.35. The van der Waals surface area contributed by atoms with Crippen LogP contribution in [-0.2, 0) is 0 Å². The number of methoxy groups -OCH3 is 1. The van der Waals surface area contributed by atoms with E-state index in [1.165, 1.54) is 4.90 Å². The minimum Gasteiger partial charge on any atom is -0.497 e. The van der Waals surface area contributed by atoms with Gasteiger partial charge < -0.3 is 15.2 Å². The van der Waals surface area contributed by atoms with Crippen molar-refractivity contribution in [1.29, 1.82) is 0 Å². The molecule has 4 heteroatoms. The van der Waals surface area contributed by atoms with Crippen LogP contribution in [0.5, 0.6) is 5.75 Å². The first-order chi connectivity index (χ1) is 7.80. The number of benzene rings is 1. The second kappa shape index (κ2) is 7.54. The Bertz CT molecular complexity index is 303. The molecule has 0 fully saturated rings. The lowest BCUT2D eigenvalue weighted by Gasteiger charge is -2.12. The summed E-state index contributed by atoms with van der Waals surface area (Å²) in [7, 11) is 3.55. The zero-order chi connectivity index (χ0) is 11.8. The maximum absolute atomic E-state index is 9.01. The van der Waals surface area contributed by atoms with Crippen LogP contribution in [0.25, 0.3) is 0 Å². The molecule has 0 saturated heterocycles. The highest BCUT2D eigenvalue weighted by molar-refractivity contribution is 7.99. The van der Waals surface area contributed by atoms with Crippen molar-refractivity contribution in [2.45, 2.75) is 17.4 Å². The van der Waals surface area contributed by atoms with E-state index in [2.05, 4.69) is 11.4 Å². The van der Waals surface area contributed by atoms with Crippen LogP contribution < -0.4 is 10.1 Å². The quantitative estimate of drug-likeness (QED) is 0.714. The van der Waals surface area contributed by atoms with Crippen LogP contribution >= 0.6 is 11.8 Å². The van der Waals surface area contributed by atoms with Crippen molar-refractivity contribution in [3.8, 4) is 5.75 Å². The molecule has 0 aromatic heterocycles. The van der Waals surface area contributed by atoms with E-state index in [0.717, 1.165) is 17.9 Å². The van der Waals surface area contributed by atoms with Gasteiger partial charge in [0.25, 0.3) is 0 Å². The van der Waals surface area contributed by atoms with Crippen LogP contribution in [-0.4, -0.2) is 37.7 Å². The molecule has 0 heterocycles. The van der Waals surface area contributed by atoms with Crippen molar-refractivity contribution in [3.63, 3.8) is 0 Å². The van der Waals surface area contributed by atoms with E-state index in [4.69, 9.17) is 9.84 Å². The van der Waals surface area contributed by atoms with Crippen LogP contribution in [0.4, 0.5) is 0 Å². The Kier molecular flexibility index (Phi) is 6.30. The standard InChI is InChI=1S/C12H19NO2S/c1-13-10(9-14)6-7-16-12-5-3-4-11(8-12)15-2/h3-5,8,10,13-14H,6-7,9H2,1-2H3. The molecule has 0 amide bonds. The maximum atomic E-state index is 9.01. The van der Waals surface area contributed by atoms with E-state index >= 15 is 0 Å². The first-order valence-corrected chi connectivity index (χ1v) is 6.33. The Balaban J connectivity index is 2.36. The number of nitrogens with one attached hydrogen (secondary N) is 1. The summed E-state index contributed by atoms with van der Waals surface area (Å²) >= 11 is 1.78. The van der Waals surface area contributed by atoms with Gasteiger partial charge in [0, 0.05) is 10.9 Å². The third kappa shape index (κ3) is 4.43. The lowest BCUT2D eigenvalue weighted by molar-refractivity contribution is 0.246. The number of rotatable bonds is 7. The molecule has 0 aliphatic heterocycles. The summed E-state index contributed by atoms with van der Waals surface area (Å²) in [4.78, 5) is 1.20. The highest BCUT2D eigenvalue weighted by Crippen LogP contribution is 2.23. The molecule has 2 N–H and O–H groups in total. The average Bonchev–Trinajstić information content (AvgIpc) is 2.35. The van der Waals surface area contributed by atoms with Crippen molar-refractivity contribution in [1.82, 2.24) is 5.32 Å². The summed E-state index contributed by atoms with van der Waals surface area (Å²) < 4.78 is 5.16. The number of aliphatic hydroxyl groups is 1. The first-order valence-electron chi connectivity index (χ1n) is 5.35. The Morgan fingerprint density at radius 3 is 2.94 bits per heavy atom. The lowest BCUT2D eigenvalue weighted by atomic mass is 10.2. The highest BCUT2D eigenvalue weighted by atomic mass is 32.2. The second-order valence-electron chi connectivity index (χ2n) is 3.48. The molecule has 1 aromatic rings. The Hall–Kier alpha value is -0.710. The van der Waals surface area contributed by atoms with E-state index in [-0.39, 0.29) is 12.6 Å². The molecule has 1 aromatic carbocycles. The average molecular weight is 241 g/mol. The molecule has 0 aliphatic carbocycles. The molecular formula is C12H19NO2S. The minimum absolute atomic E-state index is 0.190. The van der Waals surface area contributed by atoms with E-state index in [9.17, 15) is 0 Å². The van der Waals surface area contributed by atoms with Gasteiger partial charge in [-0.25, -0.2) is 0 Å². The molecule has 16 heavy (non-hydrogen) atoms. The summed E-state index contributed by atoms with van der Waals surface area (Å²) in [5.41, 5.74) is 0. The molecule has 90 valence electrons. The van der Waals surface area contributed by atoms with Crippen LogP contribution in [0.1, 0.15) is 6.42 Å². The molecule has 0 saturated carbocycles. The van der Waals surface area contributed by atoms with Gasteiger partial charge in [-0.3, -0.25) is 0 Å². The van der Waals surface area contributed by atoms with Gasteiger partial charge in [0.1, 0.15) is 5.75 Å². The van der Waals surface area contributed by atoms with Crippen molar-refractivity contribution >= 4 is 11.8 Å². The van der Waals surface area contributed by atoms with Crippen LogP contribution in [0.2, 0.25) is 0 Å². The first kappa shape index (κ1) is 13.4. The third-order valence-corrected chi connectivity index (χ3v) is 3.43. The summed E-state index contributed by atoms with van der Waals surface area (Å²) in [6.07, 6.45) is 0.953. The van der Waals surface area contributed by atoms with Crippen LogP contribution in [0.15, 0.2) is 29.2 Å². The van der Waals surface area contributed by atoms with Gasteiger partial charge in [-0.1, -0.05) is 6.07 Å². The van der Waals surface area contributed by atoms with E-state index < -0.39 is 0 Å². The summed E-state index contributed by atoms with van der Waals surface area (Å²) in [6, 6.07) is 8.22. The van der Waals surface area contributed by atoms with E-state index in [1.807, 2.05) is 25.2 Å². The second-order valence-corrected chi connectivity index (χ2v) is 4.65. The zero-order valence-electron chi connectivity index (χ0n) is 9.77. The number of hydrogen-bond donors (Lipinski definition) is 2. The predicted octanol–water partition coefficient (Wildman–Crippen LogP) is 1.76. The number of aliphatic hydroxyl groups excluding tert-OH is 1. The third-order valence-electron chi connectivity index (χ3n) is 2.40. The Labute approximate surface area is 101 Å². The number of hydrogen-bond acceptors (Lipinski definition) is 4. The van der Waals surface area contributed by atoms with Gasteiger partial charge in [-0.05, 0) is 37.4 Å². The van der Waals surface area contributed by atoms with Gasteiger partial charge >= 0.3 is 0 Å². The predicted molar refractivity (Wildman–Crippen MR) is 68.3 cm³/mol. The minimum atomic E-state index is 0.190. The molecule has 0 radical (unpaired) electrons. The smallest absolute Gasteiger partial charge is 0.119 e. The normalized spacial score (nSPS) is 12.4. The SMILES string of the molecule is CNC(CO)CCSc1cccc(OC)c1. The summed E-state index contributed by atoms with van der Waals surface area (Å²) in [5, 5.41) is 12.1. The zero-order valence-corrected chi connectivity index (χ0v) is 10.6. The fraction of sp³-hybridized carbons (Fsp3) is 0.500. The lowest BCUT2D eigenvalue weighted by Crippen LogP contribution is -2.29. The van der Waals surface area contributed by atoms with Crippen molar-refractivity contribution in [2.75, 3.05) is 26.5 Å². The molecule has 1 unspecified atom stereocenters. The molecule has 3 nitrogen and oxygen atoms in total. The van der Waals surface area contributed by atoms with Gasteiger partial charge in [0.2, 0.25) is 0 Å². The monoisotopic (exact) mass is 241 g/mol. The van der Waals surface area contributed by atoms with Crippen LogP contribution in [0.3, 0.4) is 0 Å². The van der Waals surface area contributed by atoms with Crippen molar-refractivity contribution in [2.24, 2.45) is 0 Å². The number of ether oxygens (including phenoxy) is 1. The van der Waals surface area contributed by atoms with Gasteiger partial charge in [-0.15, -0.1) is 11.8 Å². The van der Waals surface area contributed by atoms with Gasteiger partial charge in [0.05, 0.1) is 13.7 Å². The van der Waals surface area contributed by atoms with Crippen LogP contribution in [0, 0.1) is 0 Å². The maximum Gasteiger partial charge on any atom is 0.119 e. The van der Waals surface area contributed by atoms with E-state index in [1.54, 1.807) is 18.9 Å². The highest BCUT2D eigenvalue weighted by Gasteiger charge is 2.04. The number of thioether (sulfide) groups is 1. The molecule has 0 spiro atoms. The summed E-state index contributed by atoms with van der Waals surface area (Å²) in [5.74, 6) is 1.87. The largest absolute Gasteiger partial charge is 0.497 e.